The molecule has 0 radical (unpaired) electrons. The van der Waals surface area contributed by atoms with Crippen molar-refractivity contribution in [1.82, 2.24) is 10.4 Å². The number of amides is 3. The lowest BCUT2D eigenvalue weighted by Gasteiger charge is -2.42. The SMILES string of the molecule is CC(C)(C)OC(=O)NN(C(=O)OC(C)(C)C)C1(OC(C)(C)C)C(=O)Nc2ccccc21. The molecule has 0 aromatic heterocycles. The van der Waals surface area contributed by atoms with E-state index in [0.717, 1.165) is 5.01 Å². The Morgan fingerprint density at radius 2 is 1.45 bits per heavy atom. The molecule has 1 unspecified atom stereocenters. The zero-order chi connectivity index (χ0) is 23.8. The van der Waals surface area contributed by atoms with E-state index in [4.69, 9.17) is 14.2 Å². The Hall–Kier alpha value is -2.81. The molecule has 3 amide bonds. The third-order valence-corrected chi connectivity index (χ3v) is 3.79. The fourth-order valence-electron chi connectivity index (χ4n) is 2.98. The zero-order valence-corrected chi connectivity index (χ0v) is 19.7. The molecule has 1 heterocycles. The van der Waals surface area contributed by atoms with Gasteiger partial charge in [0.2, 0.25) is 0 Å². The van der Waals surface area contributed by atoms with Crippen molar-refractivity contribution >= 4 is 23.8 Å². The van der Waals surface area contributed by atoms with Gasteiger partial charge in [0.1, 0.15) is 11.2 Å². The Balaban J connectivity index is 2.65. The number of nitrogens with zero attached hydrogens (tertiary/aromatic N) is 1. The van der Waals surface area contributed by atoms with Gasteiger partial charge >= 0.3 is 12.2 Å². The number of rotatable bonds is 2. The molecule has 0 saturated heterocycles. The summed E-state index contributed by atoms with van der Waals surface area (Å²) in [7, 11) is 0. The predicted molar refractivity (Wildman–Crippen MR) is 115 cm³/mol. The van der Waals surface area contributed by atoms with Crippen LogP contribution in [0.1, 0.15) is 67.9 Å². The van der Waals surface area contributed by atoms with Gasteiger partial charge in [-0.25, -0.2) is 15.0 Å². The predicted octanol–water partition coefficient (Wildman–Crippen LogP) is 4.28. The second-order valence-electron chi connectivity index (χ2n) is 10.3. The molecular formula is C22H33N3O6. The summed E-state index contributed by atoms with van der Waals surface area (Å²) >= 11 is 0. The van der Waals surface area contributed by atoms with E-state index < -0.39 is 40.6 Å². The Morgan fingerprint density at radius 1 is 0.903 bits per heavy atom. The second kappa shape index (κ2) is 8.03. The fourth-order valence-corrected chi connectivity index (χ4v) is 2.98. The molecule has 1 aliphatic rings. The molecule has 9 nitrogen and oxygen atoms in total. The van der Waals surface area contributed by atoms with Crippen LogP contribution >= 0.6 is 0 Å². The third kappa shape index (κ3) is 5.88. The van der Waals surface area contributed by atoms with Gasteiger partial charge in [-0.1, -0.05) is 18.2 Å². The van der Waals surface area contributed by atoms with Crippen LogP contribution in [-0.4, -0.2) is 39.9 Å². The minimum absolute atomic E-state index is 0.358. The summed E-state index contributed by atoms with van der Waals surface area (Å²) in [5.74, 6) is -0.648. The van der Waals surface area contributed by atoms with E-state index in [1.165, 1.54) is 0 Å². The molecule has 1 aliphatic heterocycles. The summed E-state index contributed by atoms with van der Waals surface area (Å²) < 4.78 is 17.0. The number of fused-ring (bicyclic) bond motifs is 1. The van der Waals surface area contributed by atoms with Gasteiger partial charge in [0, 0.05) is 11.3 Å². The van der Waals surface area contributed by atoms with Crippen molar-refractivity contribution in [3.8, 4) is 0 Å². The number of ether oxygens (including phenoxy) is 3. The number of carbonyl (C=O) groups excluding carboxylic acids is 3. The molecule has 0 saturated carbocycles. The standard InChI is InChI=1S/C22H33N3O6/c1-19(2,3)29-17(27)24-25(18(28)30-20(4,5)6)22(31-21(7,8)9)14-12-10-11-13-15(14)23-16(22)26/h10-13H,1-9H3,(H,23,26)(H,24,27). The molecule has 31 heavy (non-hydrogen) atoms. The number of hydrogen-bond donors (Lipinski definition) is 2. The molecule has 0 spiro atoms. The zero-order valence-electron chi connectivity index (χ0n) is 19.7. The number of nitrogens with one attached hydrogen (secondary N) is 2. The molecule has 2 N–H and O–H groups in total. The summed E-state index contributed by atoms with van der Waals surface area (Å²) in [4.78, 5) is 39.3. The highest BCUT2D eigenvalue weighted by Crippen LogP contribution is 2.43. The molecule has 0 aliphatic carbocycles. The van der Waals surface area contributed by atoms with Crippen molar-refractivity contribution in [1.29, 1.82) is 0 Å². The number of hydrogen-bond acceptors (Lipinski definition) is 6. The quantitative estimate of drug-likeness (QED) is 0.530. The smallest absolute Gasteiger partial charge is 0.432 e. The van der Waals surface area contributed by atoms with Crippen LogP contribution < -0.4 is 10.7 Å². The Bertz CT molecular complexity index is 863. The van der Waals surface area contributed by atoms with Crippen LogP contribution in [0.5, 0.6) is 0 Å². The Morgan fingerprint density at radius 3 is 1.97 bits per heavy atom. The Labute approximate surface area is 183 Å². The number of benzene rings is 1. The first kappa shape index (κ1) is 24.5. The second-order valence-corrected chi connectivity index (χ2v) is 10.3. The molecule has 172 valence electrons. The van der Waals surface area contributed by atoms with E-state index in [9.17, 15) is 14.4 Å². The molecule has 1 atom stereocenters. The lowest BCUT2D eigenvalue weighted by molar-refractivity contribution is -0.215. The minimum Gasteiger partial charge on any atom is -0.443 e. The van der Waals surface area contributed by atoms with Crippen molar-refractivity contribution in [2.45, 2.75) is 84.8 Å². The summed E-state index contributed by atoms with van der Waals surface area (Å²) in [5.41, 5.74) is -1.44. The van der Waals surface area contributed by atoms with Gasteiger partial charge < -0.3 is 19.5 Å². The maximum Gasteiger partial charge on any atom is 0.432 e. The summed E-state index contributed by atoms with van der Waals surface area (Å²) in [6.07, 6.45) is -1.91. The number of para-hydroxylation sites is 1. The van der Waals surface area contributed by atoms with E-state index in [2.05, 4.69) is 10.7 Å². The highest BCUT2D eigenvalue weighted by molar-refractivity contribution is 6.06. The molecular weight excluding hydrogens is 402 g/mol. The maximum absolute atomic E-state index is 13.3. The van der Waals surface area contributed by atoms with Gasteiger partial charge in [0.25, 0.3) is 11.6 Å². The number of hydrazine groups is 1. The third-order valence-electron chi connectivity index (χ3n) is 3.79. The number of anilines is 1. The summed E-state index contributed by atoms with van der Waals surface area (Å²) in [5, 5.41) is 3.49. The van der Waals surface area contributed by atoms with Crippen molar-refractivity contribution in [2.24, 2.45) is 0 Å². The first-order valence-corrected chi connectivity index (χ1v) is 10.1. The van der Waals surface area contributed by atoms with Crippen LogP contribution in [-0.2, 0) is 24.7 Å². The first-order valence-electron chi connectivity index (χ1n) is 10.1. The molecule has 1 aromatic carbocycles. The highest BCUT2D eigenvalue weighted by Gasteiger charge is 2.59. The Kier molecular flexibility index (Phi) is 6.34. The minimum atomic E-state index is -2.02. The molecule has 0 fully saturated rings. The summed E-state index contributed by atoms with van der Waals surface area (Å²) in [6, 6.07) is 6.78. The van der Waals surface area contributed by atoms with Crippen LogP contribution in [0, 0.1) is 0 Å². The van der Waals surface area contributed by atoms with Crippen molar-refractivity contribution < 1.29 is 28.6 Å². The van der Waals surface area contributed by atoms with E-state index >= 15 is 0 Å². The van der Waals surface area contributed by atoms with Crippen molar-refractivity contribution in [3.63, 3.8) is 0 Å². The van der Waals surface area contributed by atoms with E-state index in [1.807, 2.05) is 0 Å². The van der Waals surface area contributed by atoms with Gasteiger partial charge in [-0.15, -0.1) is 0 Å². The van der Waals surface area contributed by atoms with Crippen molar-refractivity contribution in [2.75, 3.05) is 5.32 Å². The van der Waals surface area contributed by atoms with Gasteiger partial charge in [-0.05, 0) is 68.4 Å². The molecule has 0 bridgehead atoms. The van der Waals surface area contributed by atoms with Gasteiger partial charge in [-0.2, -0.15) is 5.01 Å². The summed E-state index contributed by atoms with van der Waals surface area (Å²) in [6.45, 7) is 15.3. The molecule has 9 heteroatoms. The molecule has 1 aromatic rings. The normalized spacial score (nSPS) is 18.7. The maximum atomic E-state index is 13.3. The van der Waals surface area contributed by atoms with Crippen LogP contribution in [0.3, 0.4) is 0 Å². The number of carbonyl (C=O) groups is 3. The lowest BCUT2D eigenvalue weighted by Crippen LogP contribution is -2.64. The average Bonchev–Trinajstić information content (AvgIpc) is 2.80. The van der Waals surface area contributed by atoms with E-state index in [1.54, 1.807) is 86.6 Å². The van der Waals surface area contributed by atoms with Crippen LogP contribution in [0.2, 0.25) is 0 Å². The van der Waals surface area contributed by atoms with E-state index in [-0.39, 0.29) is 0 Å². The monoisotopic (exact) mass is 435 g/mol. The van der Waals surface area contributed by atoms with Crippen LogP contribution in [0.15, 0.2) is 24.3 Å². The van der Waals surface area contributed by atoms with Gasteiger partial charge in [0.05, 0.1) is 5.60 Å². The van der Waals surface area contributed by atoms with Crippen LogP contribution in [0.4, 0.5) is 15.3 Å². The van der Waals surface area contributed by atoms with Gasteiger partial charge in [0.15, 0.2) is 0 Å². The molecule has 2 rings (SSSR count). The lowest BCUT2D eigenvalue weighted by atomic mass is 10.0. The fraction of sp³-hybridized carbons (Fsp3) is 0.591. The van der Waals surface area contributed by atoms with Crippen LogP contribution in [0.25, 0.3) is 0 Å². The van der Waals surface area contributed by atoms with Crippen molar-refractivity contribution in [3.05, 3.63) is 29.8 Å². The average molecular weight is 436 g/mol. The topological polar surface area (TPSA) is 106 Å². The largest absolute Gasteiger partial charge is 0.443 e. The first-order chi connectivity index (χ1) is 13.9. The van der Waals surface area contributed by atoms with E-state index in [0.29, 0.717) is 11.3 Å². The highest BCUT2D eigenvalue weighted by atomic mass is 16.6. The van der Waals surface area contributed by atoms with Gasteiger partial charge in [-0.3, -0.25) is 4.79 Å².